The summed E-state index contributed by atoms with van der Waals surface area (Å²) in [5.74, 6) is 0.948. The number of aryl methyl sites for hydroxylation is 1. The molecule has 0 atom stereocenters. The van der Waals surface area contributed by atoms with E-state index in [0.717, 1.165) is 5.56 Å². The number of nitrogens with one attached hydrogen (secondary N) is 1. The van der Waals surface area contributed by atoms with Crippen LogP contribution in [0.25, 0.3) is 11.3 Å². The topological polar surface area (TPSA) is 73.6 Å². The lowest BCUT2D eigenvalue weighted by Crippen LogP contribution is -2.22. The van der Waals surface area contributed by atoms with Crippen LogP contribution in [-0.2, 0) is 6.54 Å². The van der Waals surface area contributed by atoms with Crippen molar-refractivity contribution in [2.24, 2.45) is 0 Å². The predicted octanol–water partition coefficient (Wildman–Crippen LogP) is 3.45. The van der Waals surface area contributed by atoms with Gasteiger partial charge >= 0.3 is 0 Å². The van der Waals surface area contributed by atoms with E-state index in [1.54, 1.807) is 25.1 Å². The maximum atomic E-state index is 13.7. The molecule has 0 unspecified atom stereocenters. The summed E-state index contributed by atoms with van der Waals surface area (Å²) in [6, 6.07) is 11.6. The second-order valence-corrected chi connectivity index (χ2v) is 5.91. The van der Waals surface area contributed by atoms with Crippen LogP contribution in [0.2, 0.25) is 0 Å². The minimum atomic E-state index is -0.384. The van der Waals surface area contributed by atoms with Gasteiger partial charge in [0.25, 0.3) is 5.91 Å². The molecule has 1 aliphatic rings. The largest absolute Gasteiger partial charge is 0.454 e. The summed E-state index contributed by atoms with van der Waals surface area (Å²) in [5.41, 5.74) is 2.05. The molecule has 2 aromatic carbocycles. The zero-order valence-electron chi connectivity index (χ0n) is 13.9. The number of carbonyl (C=O) groups is 1. The molecule has 0 aliphatic carbocycles. The summed E-state index contributed by atoms with van der Waals surface area (Å²) in [7, 11) is 0. The van der Waals surface area contributed by atoms with Crippen molar-refractivity contribution in [2.45, 2.75) is 13.5 Å². The van der Waals surface area contributed by atoms with Crippen molar-refractivity contribution in [1.82, 2.24) is 10.5 Å². The van der Waals surface area contributed by atoms with E-state index in [-0.39, 0.29) is 24.2 Å². The summed E-state index contributed by atoms with van der Waals surface area (Å²) in [4.78, 5) is 12.3. The van der Waals surface area contributed by atoms with Crippen LogP contribution in [0, 0.1) is 12.7 Å². The lowest BCUT2D eigenvalue weighted by atomic mass is 10.1. The predicted molar refractivity (Wildman–Crippen MR) is 90.4 cm³/mol. The van der Waals surface area contributed by atoms with Crippen LogP contribution in [0.1, 0.15) is 21.6 Å². The van der Waals surface area contributed by atoms with Crippen molar-refractivity contribution in [3.8, 4) is 22.8 Å². The van der Waals surface area contributed by atoms with E-state index in [1.807, 2.05) is 12.1 Å². The Morgan fingerprint density at radius 2 is 2.00 bits per heavy atom. The number of aromatic nitrogens is 1. The van der Waals surface area contributed by atoms with E-state index >= 15 is 0 Å². The molecule has 6 nitrogen and oxygen atoms in total. The highest BCUT2D eigenvalue weighted by Crippen LogP contribution is 2.32. The standard InChI is InChI=1S/C19H15FN2O4/c1-11-2-4-13(7-14(11)20)17-8-15(22-26-17)19(23)21-9-12-3-5-16-18(6-12)25-10-24-16/h2-8H,9-10H2,1H3,(H,21,23). The van der Waals surface area contributed by atoms with Crippen LogP contribution >= 0.6 is 0 Å². The first-order chi connectivity index (χ1) is 12.6. The van der Waals surface area contributed by atoms with E-state index < -0.39 is 0 Å². The Hall–Kier alpha value is -3.35. The van der Waals surface area contributed by atoms with Gasteiger partial charge < -0.3 is 19.3 Å². The van der Waals surface area contributed by atoms with Crippen molar-refractivity contribution < 1.29 is 23.2 Å². The minimum absolute atomic E-state index is 0.127. The fourth-order valence-electron chi connectivity index (χ4n) is 2.59. The van der Waals surface area contributed by atoms with Crippen molar-refractivity contribution >= 4 is 5.91 Å². The number of rotatable bonds is 4. The van der Waals surface area contributed by atoms with Gasteiger partial charge in [0.1, 0.15) is 5.82 Å². The number of hydrogen-bond acceptors (Lipinski definition) is 5. The van der Waals surface area contributed by atoms with Gasteiger partial charge in [0, 0.05) is 18.2 Å². The van der Waals surface area contributed by atoms with E-state index in [0.29, 0.717) is 34.9 Å². The molecule has 0 saturated heterocycles. The van der Waals surface area contributed by atoms with E-state index in [1.165, 1.54) is 12.1 Å². The third kappa shape index (κ3) is 3.11. The third-order valence-electron chi connectivity index (χ3n) is 4.09. The summed E-state index contributed by atoms with van der Waals surface area (Å²) in [5, 5.41) is 6.52. The summed E-state index contributed by atoms with van der Waals surface area (Å²) < 4.78 is 29.4. The van der Waals surface area contributed by atoms with E-state index in [4.69, 9.17) is 14.0 Å². The molecule has 2 heterocycles. The lowest BCUT2D eigenvalue weighted by molar-refractivity contribution is 0.0942. The highest BCUT2D eigenvalue weighted by molar-refractivity contribution is 5.93. The molecule has 1 aliphatic heterocycles. The number of halogens is 1. The van der Waals surface area contributed by atoms with Crippen LogP contribution in [0.3, 0.4) is 0 Å². The van der Waals surface area contributed by atoms with Crippen molar-refractivity contribution in [2.75, 3.05) is 6.79 Å². The van der Waals surface area contributed by atoms with Gasteiger partial charge in [0.15, 0.2) is 23.0 Å². The second kappa shape index (κ2) is 6.51. The Kier molecular flexibility index (Phi) is 4.04. The Bertz CT molecular complexity index is 983. The number of benzene rings is 2. The zero-order valence-corrected chi connectivity index (χ0v) is 13.9. The molecule has 132 valence electrons. The molecule has 26 heavy (non-hydrogen) atoms. The van der Waals surface area contributed by atoms with Gasteiger partial charge in [0.05, 0.1) is 0 Å². The monoisotopic (exact) mass is 354 g/mol. The Balaban J connectivity index is 1.44. The Labute approximate surface area is 148 Å². The maximum absolute atomic E-state index is 13.7. The number of nitrogens with zero attached hydrogens (tertiary/aromatic N) is 1. The minimum Gasteiger partial charge on any atom is -0.454 e. The first kappa shape index (κ1) is 16.1. The third-order valence-corrected chi connectivity index (χ3v) is 4.09. The van der Waals surface area contributed by atoms with Crippen molar-refractivity contribution in [1.29, 1.82) is 0 Å². The smallest absolute Gasteiger partial charge is 0.273 e. The fraction of sp³-hybridized carbons (Fsp3) is 0.158. The van der Waals surface area contributed by atoms with Crippen LogP contribution in [0.5, 0.6) is 11.5 Å². The molecule has 4 rings (SSSR count). The molecule has 1 amide bonds. The number of fused-ring (bicyclic) bond motifs is 1. The van der Waals surface area contributed by atoms with Gasteiger partial charge in [0.2, 0.25) is 6.79 Å². The number of carbonyl (C=O) groups excluding carboxylic acids is 1. The van der Waals surface area contributed by atoms with E-state index in [2.05, 4.69) is 10.5 Å². The molecule has 0 bridgehead atoms. The molecular weight excluding hydrogens is 339 g/mol. The summed E-state index contributed by atoms with van der Waals surface area (Å²) in [6.45, 7) is 2.18. The summed E-state index contributed by atoms with van der Waals surface area (Å²) >= 11 is 0. The van der Waals surface area contributed by atoms with Gasteiger partial charge in [-0.05, 0) is 36.2 Å². The summed E-state index contributed by atoms with van der Waals surface area (Å²) in [6.07, 6.45) is 0. The normalized spacial score (nSPS) is 12.2. The van der Waals surface area contributed by atoms with Gasteiger partial charge in [-0.3, -0.25) is 4.79 Å². The average molecular weight is 354 g/mol. The molecule has 0 spiro atoms. The number of amides is 1. The second-order valence-electron chi connectivity index (χ2n) is 5.91. The van der Waals surface area contributed by atoms with E-state index in [9.17, 15) is 9.18 Å². The van der Waals surface area contributed by atoms with Crippen molar-refractivity contribution in [3.63, 3.8) is 0 Å². The highest BCUT2D eigenvalue weighted by atomic mass is 19.1. The average Bonchev–Trinajstić information content (AvgIpc) is 3.30. The quantitative estimate of drug-likeness (QED) is 0.777. The number of hydrogen-bond donors (Lipinski definition) is 1. The Morgan fingerprint density at radius 1 is 1.15 bits per heavy atom. The molecule has 0 saturated carbocycles. The lowest BCUT2D eigenvalue weighted by Gasteiger charge is -2.04. The van der Waals surface area contributed by atoms with Crippen LogP contribution < -0.4 is 14.8 Å². The van der Waals surface area contributed by atoms with Crippen LogP contribution in [0.15, 0.2) is 47.0 Å². The maximum Gasteiger partial charge on any atom is 0.273 e. The van der Waals surface area contributed by atoms with Gasteiger partial charge in [-0.1, -0.05) is 23.4 Å². The molecule has 1 aromatic heterocycles. The molecular formula is C19H15FN2O4. The van der Waals surface area contributed by atoms with Gasteiger partial charge in [-0.25, -0.2) is 4.39 Å². The zero-order chi connectivity index (χ0) is 18.1. The Morgan fingerprint density at radius 3 is 2.85 bits per heavy atom. The SMILES string of the molecule is Cc1ccc(-c2cc(C(=O)NCc3ccc4c(c3)OCO4)no2)cc1F. The molecule has 0 fully saturated rings. The van der Waals surface area contributed by atoms with Gasteiger partial charge in [-0.15, -0.1) is 0 Å². The highest BCUT2D eigenvalue weighted by Gasteiger charge is 2.16. The number of ether oxygens (including phenoxy) is 2. The van der Waals surface area contributed by atoms with Crippen LogP contribution in [0.4, 0.5) is 4.39 Å². The molecule has 7 heteroatoms. The molecule has 0 radical (unpaired) electrons. The first-order valence-electron chi connectivity index (χ1n) is 8.00. The van der Waals surface area contributed by atoms with Crippen molar-refractivity contribution in [3.05, 3.63) is 65.1 Å². The molecule has 1 N–H and O–H groups in total. The first-order valence-corrected chi connectivity index (χ1v) is 8.00. The molecule has 3 aromatic rings. The van der Waals surface area contributed by atoms with Crippen LogP contribution in [-0.4, -0.2) is 17.9 Å². The fourth-order valence-corrected chi connectivity index (χ4v) is 2.59. The van der Waals surface area contributed by atoms with Gasteiger partial charge in [-0.2, -0.15) is 0 Å².